The van der Waals surface area contributed by atoms with Gasteiger partial charge in [0.2, 0.25) is 0 Å². The number of carbonyl (C=O) groups is 1. The van der Waals surface area contributed by atoms with E-state index in [0.29, 0.717) is 14.3 Å². The molecule has 5 nitrogen and oxygen atoms in total. The van der Waals surface area contributed by atoms with Gasteiger partial charge in [-0.05, 0) is 59.0 Å². The van der Waals surface area contributed by atoms with Gasteiger partial charge in [-0.3, -0.25) is 4.72 Å². The molecular formula is C13H9ClINO4S. The van der Waals surface area contributed by atoms with Crippen molar-refractivity contribution in [1.82, 2.24) is 0 Å². The molecular weight excluding hydrogens is 429 g/mol. The van der Waals surface area contributed by atoms with Gasteiger partial charge in [0.05, 0.1) is 16.1 Å². The number of carboxylic acids is 1. The second-order valence-corrected chi connectivity index (χ2v) is 7.34. The second kappa shape index (κ2) is 6.20. The zero-order chi connectivity index (χ0) is 15.6. The summed E-state index contributed by atoms with van der Waals surface area (Å²) in [6, 6.07) is 9.87. The third-order valence-electron chi connectivity index (χ3n) is 2.57. The average molecular weight is 438 g/mol. The number of anilines is 1. The number of carboxylic acid groups (broad SMARTS) is 1. The number of halogens is 2. The van der Waals surface area contributed by atoms with Crippen LogP contribution in [0.5, 0.6) is 0 Å². The van der Waals surface area contributed by atoms with Gasteiger partial charge in [-0.15, -0.1) is 0 Å². The zero-order valence-electron chi connectivity index (χ0n) is 10.4. The third-order valence-corrected chi connectivity index (χ3v) is 5.06. The van der Waals surface area contributed by atoms with Crippen LogP contribution in [0, 0.1) is 3.57 Å². The Labute approximate surface area is 140 Å². The molecule has 0 fully saturated rings. The summed E-state index contributed by atoms with van der Waals surface area (Å²) < 4.78 is 27.6. The fourth-order valence-corrected chi connectivity index (χ4v) is 3.89. The Kier molecular flexibility index (Phi) is 4.74. The van der Waals surface area contributed by atoms with E-state index in [-0.39, 0.29) is 10.5 Å². The average Bonchev–Trinajstić information content (AvgIpc) is 2.42. The van der Waals surface area contributed by atoms with Crippen molar-refractivity contribution in [3.8, 4) is 0 Å². The van der Waals surface area contributed by atoms with Crippen LogP contribution in [0.4, 0.5) is 5.69 Å². The van der Waals surface area contributed by atoms with E-state index in [0.717, 1.165) is 6.07 Å². The molecule has 2 rings (SSSR count). The van der Waals surface area contributed by atoms with Gasteiger partial charge in [-0.1, -0.05) is 17.7 Å². The fraction of sp³-hybridized carbons (Fsp3) is 0. The fourth-order valence-electron chi connectivity index (χ4n) is 1.57. The SMILES string of the molecule is O=C(O)c1cccc(S(=O)(=O)Nc2ccc(Cl)cc2I)c1. The molecule has 0 saturated heterocycles. The van der Waals surface area contributed by atoms with Crippen molar-refractivity contribution in [2.45, 2.75) is 4.90 Å². The molecule has 0 aliphatic carbocycles. The molecule has 0 unspecified atom stereocenters. The highest BCUT2D eigenvalue weighted by Crippen LogP contribution is 2.25. The van der Waals surface area contributed by atoms with Crippen LogP contribution in [0.3, 0.4) is 0 Å². The quantitative estimate of drug-likeness (QED) is 0.718. The molecule has 2 aromatic rings. The highest BCUT2D eigenvalue weighted by atomic mass is 127. The molecule has 2 N–H and O–H groups in total. The Hall–Kier alpha value is -1.32. The van der Waals surface area contributed by atoms with Crippen molar-refractivity contribution >= 4 is 55.9 Å². The van der Waals surface area contributed by atoms with Crippen LogP contribution in [0.15, 0.2) is 47.4 Å². The lowest BCUT2D eigenvalue weighted by Gasteiger charge is -2.10. The van der Waals surface area contributed by atoms with E-state index >= 15 is 0 Å². The Morgan fingerprint density at radius 1 is 1.19 bits per heavy atom. The van der Waals surface area contributed by atoms with Gasteiger partial charge in [0.15, 0.2) is 0 Å². The number of nitrogens with one attached hydrogen (secondary N) is 1. The van der Waals surface area contributed by atoms with Crippen molar-refractivity contribution in [3.63, 3.8) is 0 Å². The predicted octanol–water partition coefficient (Wildman–Crippen LogP) is 3.44. The van der Waals surface area contributed by atoms with E-state index in [1.54, 1.807) is 18.2 Å². The summed E-state index contributed by atoms with van der Waals surface area (Å²) in [4.78, 5) is 10.8. The molecule has 0 heterocycles. The van der Waals surface area contributed by atoms with E-state index in [2.05, 4.69) is 4.72 Å². The Morgan fingerprint density at radius 3 is 2.52 bits per heavy atom. The van der Waals surface area contributed by atoms with E-state index in [1.807, 2.05) is 22.6 Å². The normalized spacial score (nSPS) is 11.1. The van der Waals surface area contributed by atoms with Gasteiger partial charge in [-0.25, -0.2) is 13.2 Å². The van der Waals surface area contributed by atoms with Gasteiger partial charge in [-0.2, -0.15) is 0 Å². The first-order chi connectivity index (χ1) is 9.79. The van der Waals surface area contributed by atoms with E-state index < -0.39 is 16.0 Å². The van der Waals surface area contributed by atoms with Crippen molar-refractivity contribution < 1.29 is 18.3 Å². The summed E-state index contributed by atoms with van der Waals surface area (Å²) in [6.45, 7) is 0. The molecule has 0 spiro atoms. The van der Waals surface area contributed by atoms with Crippen LogP contribution in [0.1, 0.15) is 10.4 Å². The molecule has 8 heteroatoms. The first kappa shape index (κ1) is 16.1. The Bertz CT molecular complexity index is 808. The molecule has 0 atom stereocenters. The molecule has 21 heavy (non-hydrogen) atoms. The largest absolute Gasteiger partial charge is 0.478 e. The Balaban J connectivity index is 2.38. The number of hydrogen-bond acceptors (Lipinski definition) is 3. The van der Waals surface area contributed by atoms with Gasteiger partial charge in [0.25, 0.3) is 10.0 Å². The highest BCUT2D eigenvalue weighted by Gasteiger charge is 2.17. The van der Waals surface area contributed by atoms with Gasteiger partial charge in [0, 0.05) is 8.59 Å². The lowest BCUT2D eigenvalue weighted by molar-refractivity contribution is 0.0696. The minimum atomic E-state index is -3.87. The number of aromatic carboxylic acids is 1. The van der Waals surface area contributed by atoms with E-state index in [9.17, 15) is 13.2 Å². The summed E-state index contributed by atoms with van der Waals surface area (Å²) in [6.07, 6.45) is 0. The molecule has 0 bridgehead atoms. The molecule has 0 saturated carbocycles. The van der Waals surface area contributed by atoms with Crippen LogP contribution in [0.2, 0.25) is 5.02 Å². The number of benzene rings is 2. The second-order valence-electron chi connectivity index (χ2n) is 4.06. The minimum absolute atomic E-state index is 0.0938. The first-order valence-corrected chi connectivity index (χ1v) is 8.55. The number of sulfonamides is 1. The maximum absolute atomic E-state index is 12.3. The lowest BCUT2D eigenvalue weighted by atomic mass is 10.2. The third kappa shape index (κ3) is 3.86. The standard InChI is InChI=1S/C13H9ClINO4S/c14-9-4-5-12(11(15)7-9)16-21(19,20)10-3-1-2-8(6-10)13(17)18/h1-7,16H,(H,17,18). The number of hydrogen-bond donors (Lipinski definition) is 2. The van der Waals surface area contributed by atoms with Crippen molar-refractivity contribution in [1.29, 1.82) is 0 Å². The molecule has 0 radical (unpaired) electrons. The van der Waals surface area contributed by atoms with Gasteiger partial charge < -0.3 is 5.11 Å². The highest BCUT2D eigenvalue weighted by molar-refractivity contribution is 14.1. The molecule has 0 aliphatic rings. The van der Waals surface area contributed by atoms with Crippen molar-refractivity contribution in [2.24, 2.45) is 0 Å². The maximum atomic E-state index is 12.3. The Morgan fingerprint density at radius 2 is 1.90 bits per heavy atom. The molecule has 2 aromatic carbocycles. The summed E-state index contributed by atoms with van der Waals surface area (Å²) in [5.74, 6) is -1.19. The predicted molar refractivity (Wildman–Crippen MR) is 88.4 cm³/mol. The summed E-state index contributed by atoms with van der Waals surface area (Å²) in [7, 11) is -3.87. The molecule has 110 valence electrons. The molecule has 0 aromatic heterocycles. The van der Waals surface area contributed by atoms with Crippen LogP contribution in [-0.4, -0.2) is 19.5 Å². The summed E-state index contributed by atoms with van der Waals surface area (Å²) >= 11 is 7.77. The van der Waals surface area contributed by atoms with E-state index in [4.69, 9.17) is 16.7 Å². The van der Waals surface area contributed by atoms with Crippen LogP contribution >= 0.6 is 34.2 Å². The topological polar surface area (TPSA) is 83.5 Å². The maximum Gasteiger partial charge on any atom is 0.335 e. The van der Waals surface area contributed by atoms with Crippen molar-refractivity contribution in [2.75, 3.05) is 4.72 Å². The summed E-state index contributed by atoms with van der Waals surface area (Å²) in [5, 5.41) is 9.40. The minimum Gasteiger partial charge on any atom is -0.478 e. The van der Waals surface area contributed by atoms with Crippen LogP contribution in [-0.2, 0) is 10.0 Å². The molecule has 0 amide bonds. The monoisotopic (exact) mass is 437 g/mol. The zero-order valence-corrected chi connectivity index (χ0v) is 14.1. The van der Waals surface area contributed by atoms with E-state index in [1.165, 1.54) is 18.2 Å². The number of rotatable bonds is 4. The van der Waals surface area contributed by atoms with Crippen LogP contribution in [0.25, 0.3) is 0 Å². The van der Waals surface area contributed by atoms with Crippen molar-refractivity contribution in [3.05, 3.63) is 56.6 Å². The molecule has 0 aliphatic heterocycles. The van der Waals surface area contributed by atoms with Gasteiger partial charge in [0.1, 0.15) is 0 Å². The first-order valence-electron chi connectivity index (χ1n) is 5.61. The van der Waals surface area contributed by atoms with Gasteiger partial charge >= 0.3 is 5.97 Å². The lowest BCUT2D eigenvalue weighted by Crippen LogP contribution is -2.14. The smallest absolute Gasteiger partial charge is 0.335 e. The van der Waals surface area contributed by atoms with Crippen LogP contribution < -0.4 is 4.72 Å². The summed E-state index contributed by atoms with van der Waals surface area (Å²) in [5.41, 5.74) is 0.282.